The van der Waals surface area contributed by atoms with Crippen LogP contribution in [0.2, 0.25) is 0 Å². The van der Waals surface area contributed by atoms with Crippen LogP contribution in [0.4, 0.5) is 0 Å². The summed E-state index contributed by atoms with van der Waals surface area (Å²) in [5.41, 5.74) is 0. The molecule has 0 bridgehead atoms. The Labute approximate surface area is 154 Å². The molecule has 0 aliphatic heterocycles. The van der Waals surface area contributed by atoms with Crippen LogP contribution in [0.5, 0.6) is 0 Å². The molecule has 2 rings (SSSR count). The van der Waals surface area contributed by atoms with Crippen molar-refractivity contribution < 1.29 is 20.6 Å². The van der Waals surface area contributed by atoms with Gasteiger partial charge in [0, 0.05) is 0 Å². The average Bonchev–Trinajstić information content (AvgIpc) is 2.36. The quantitative estimate of drug-likeness (QED) is 0.245. The Morgan fingerprint density at radius 3 is 1.32 bits per heavy atom. The van der Waals surface area contributed by atoms with E-state index in [1.54, 1.807) is 0 Å². The molecule has 0 aromatic rings. The molecule has 0 heterocycles. The molecular formula is C16H22Cl4Ru2. The molecule has 0 atom stereocenters. The predicted molar refractivity (Wildman–Crippen MR) is 94.8 cm³/mol. The van der Waals surface area contributed by atoms with E-state index in [0.717, 1.165) is 51.4 Å². The first-order chi connectivity index (χ1) is 10.5. The molecule has 0 N–H and O–H groups in total. The van der Waals surface area contributed by atoms with E-state index < -0.39 is 20.6 Å². The fraction of sp³-hybridized carbons (Fsp3) is 0.500. The normalized spacial score (nSPS) is 22.7. The van der Waals surface area contributed by atoms with Gasteiger partial charge in [-0.1, -0.05) is 0 Å². The Kier molecular flexibility index (Phi) is 8.21. The number of halogens is 4. The zero-order valence-corrected chi connectivity index (χ0v) is 18.8. The second-order valence-electron chi connectivity index (χ2n) is 5.13. The van der Waals surface area contributed by atoms with Crippen LogP contribution in [0.1, 0.15) is 51.4 Å². The van der Waals surface area contributed by atoms with E-state index in [-0.39, 0.29) is 0 Å². The first-order valence-electron chi connectivity index (χ1n) is 7.41. The molecule has 0 saturated carbocycles. The molecule has 6 heteroatoms. The van der Waals surface area contributed by atoms with Gasteiger partial charge < -0.3 is 0 Å². The molecule has 2 aliphatic carbocycles. The zero-order chi connectivity index (χ0) is 16.1. The molecule has 0 nitrogen and oxygen atoms in total. The van der Waals surface area contributed by atoms with Crippen LogP contribution in [0.25, 0.3) is 0 Å². The van der Waals surface area contributed by atoms with Crippen LogP contribution in [0.3, 0.4) is 0 Å². The number of hydrogen-bond donors (Lipinski definition) is 0. The van der Waals surface area contributed by atoms with Gasteiger partial charge in [0.25, 0.3) is 0 Å². The fourth-order valence-corrected chi connectivity index (χ4v) is 26.6. The van der Waals surface area contributed by atoms with Gasteiger partial charge in [0.1, 0.15) is 0 Å². The van der Waals surface area contributed by atoms with E-state index in [2.05, 4.69) is 36.5 Å². The van der Waals surface area contributed by atoms with Crippen LogP contribution < -0.4 is 0 Å². The molecule has 2 aliphatic rings. The first kappa shape index (κ1) is 19.7. The van der Waals surface area contributed by atoms with E-state index in [1.165, 1.54) is 8.33 Å². The Morgan fingerprint density at radius 1 is 0.545 bits per heavy atom. The third kappa shape index (κ3) is 4.94. The Hall–Kier alpha value is 1.37. The second-order valence-corrected chi connectivity index (χ2v) is 41.0. The molecule has 0 unspecified atom stereocenters. The van der Waals surface area contributed by atoms with Crippen molar-refractivity contribution in [1.29, 1.82) is 0 Å². The summed E-state index contributed by atoms with van der Waals surface area (Å²) in [6, 6.07) is 0. The average molecular weight is 558 g/mol. The van der Waals surface area contributed by atoms with E-state index in [1.807, 2.05) is 0 Å². The summed E-state index contributed by atoms with van der Waals surface area (Å²) in [5, 5.41) is 0. The minimum atomic E-state index is -3.21. The maximum absolute atomic E-state index is 6.96. The molecule has 22 heavy (non-hydrogen) atoms. The molecule has 0 aromatic carbocycles. The molecule has 0 aromatic heterocycles. The fourth-order valence-electron chi connectivity index (χ4n) is 2.33. The zero-order valence-electron chi connectivity index (χ0n) is 12.3. The minimum absolute atomic E-state index is 0.908. The first-order valence-corrected chi connectivity index (χ1v) is 22.4. The second kappa shape index (κ2) is 9.17. The molecule has 0 amide bonds. The van der Waals surface area contributed by atoms with E-state index in [4.69, 9.17) is 38.8 Å². The van der Waals surface area contributed by atoms with Gasteiger partial charge in [-0.25, -0.2) is 0 Å². The standard InChI is InChI=1S/2C8H11.4ClH.2Ru/c2*1-2-4-6-8-7-5-3-1;;;;;;/h2*1-2,7H,3-6H2;4*1H;;/q;;;;;;2*+2/p-4. The van der Waals surface area contributed by atoms with E-state index in [9.17, 15) is 0 Å². The van der Waals surface area contributed by atoms with Gasteiger partial charge in [0.15, 0.2) is 0 Å². The maximum atomic E-state index is 6.96. The molecular weight excluding hydrogens is 536 g/mol. The Balaban J connectivity index is 2.24. The summed E-state index contributed by atoms with van der Waals surface area (Å²) in [5.74, 6) is 0. The van der Waals surface area contributed by atoms with Crippen molar-refractivity contribution in [2.45, 2.75) is 51.4 Å². The van der Waals surface area contributed by atoms with E-state index >= 15 is 0 Å². The van der Waals surface area contributed by atoms with Crippen molar-refractivity contribution in [3.63, 3.8) is 0 Å². The molecule has 0 radical (unpaired) electrons. The Bertz CT molecular complexity index is 458. The molecule has 0 spiro atoms. The van der Waals surface area contributed by atoms with Gasteiger partial charge in [0.2, 0.25) is 0 Å². The summed E-state index contributed by atoms with van der Waals surface area (Å²) >= 11 is 0. The van der Waals surface area contributed by atoms with Crippen molar-refractivity contribution in [2.75, 3.05) is 0 Å². The topological polar surface area (TPSA) is 0 Å². The van der Waals surface area contributed by atoms with Crippen molar-refractivity contribution >= 4 is 38.8 Å². The summed E-state index contributed by atoms with van der Waals surface area (Å²) in [6.45, 7) is 0. The van der Waals surface area contributed by atoms with Gasteiger partial charge in [-0.3, -0.25) is 0 Å². The molecule has 0 saturated heterocycles. The SMILES string of the molecule is [Cl][Ru]([Cl])([C]1=CCCC=CCC1)[Ru]([Cl])([Cl])[C]1=CCCC=CCC1. The third-order valence-corrected chi connectivity index (χ3v) is 49.6. The van der Waals surface area contributed by atoms with Crippen LogP contribution in [0, 0.1) is 0 Å². The van der Waals surface area contributed by atoms with Gasteiger partial charge in [0.05, 0.1) is 0 Å². The van der Waals surface area contributed by atoms with Gasteiger partial charge in [-0.15, -0.1) is 0 Å². The number of rotatable bonds is 3. The van der Waals surface area contributed by atoms with Crippen molar-refractivity contribution in [2.24, 2.45) is 0 Å². The monoisotopic (exact) mass is 558 g/mol. The summed E-state index contributed by atoms with van der Waals surface area (Å²) in [6.07, 6.45) is 21.2. The number of hydrogen-bond acceptors (Lipinski definition) is 0. The molecule has 0 fully saturated rings. The summed E-state index contributed by atoms with van der Waals surface area (Å²) < 4.78 is 2.36. The van der Waals surface area contributed by atoms with Crippen molar-refractivity contribution in [1.82, 2.24) is 0 Å². The van der Waals surface area contributed by atoms with Crippen LogP contribution in [-0.2, 0) is 20.6 Å². The van der Waals surface area contributed by atoms with Gasteiger partial charge >= 0.3 is 155 Å². The third-order valence-electron chi connectivity index (χ3n) is 3.51. The van der Waals surface area contributed by atoms with Gasteiger partial charge in [-0.2, -0.15) is 0 Å². The molecule has 130 valence electrons. The van der Waals surface area contributed by atoms with Gasteiger partial charge in [-0.05, 0) is 0 Å². The summed E-state index contributed by atoms with van der Waals surface area (Å²) in [4.78, 5) is 0. The Morgan fingerprint density at radius 2 is 0.909 bits per heavy atom. The number of allylic oxidation sites excluding steroid dienone is 8. The van der Waals surface area contributed by atoms with Crippen molar-refractivity contribution in [3.8, 4) is 0 Å². The van der Waals surface area contributed by atoms with Crippen LogP contribution in [0.15, 0.2) is 44.8 Å². The van der Waals surface area contributed by atoms with Crippen molar-refractivity contribution in [3.05, 3.63) is 44.8 Å². The van der Waals surface area contributed by atoms with Crippen LogP contribution >= 0.6 is 38.8 Å². The van der Waals surface area contributed by atoms with Crippen LogP contribution in [-0.4, -0.2) is 0 Å². The summed E-state index contributed by atoms with van der Waals surface area (Å²) in [7, 11) is 21.4. The van der Waals surface area contributed by atoms with E-state index in [0.29, 0.717) is 0 Å². The predicted octanol–water partition coefficient (Wildman–Crippen LogP) is 7.85.